The minimum absolute atomic E-state index is 0.178. The number of halogens is 1. The van der Waals surface area contributed by atoms with Crippen LogP contribution in [0.2, 0.25) is 0 Å². The number of hydrogen-bond acceptors (Lipinski definition) is 3. The molecular formula is C12H19BrN2O2. The van der Waals surface area contributed by atoms with Crippen molar-refractivity contribution in [1.82, 2.24) is 10.2 Å². The highest BCUT2D eigenvalue weighted by atomic mass is 79.9. The van der Waals surface area contributed by atoms with Gasteiger partial charge < -0.3 is 14.6 Å². The molecule has 0 bridgehead atoms. The van der Waals surface area contributed by atoms with Gasteiger partial charge in [-0.25, -0.2) is 0 Å². The van der Waals surface area contributed by atoms with Gasteiger partial charge in [-0.05, 0) is 48.1 Å². The predicted molar refractivity (Wildman–Crippen MR) is 71.1 cm³/mol. The zero-order valence-corrected chi connectivity index (χ0v) is 12.2. The number of likely N-dealkylation sites (N-methyl/N-ethyl adjacent to an activating group) is 1. The average Bonchev–Trinajstić information content (AvgIpc) is 2.63. The number of furan rings is 1. The third-order valence-corrected chi connectivity index (χ3v) is 3.13. The van der Waals surface area contributed by atoms with Crippen LogP contribution in [0.25, 0.3) is 0 Å². The van der Waals surface area contributed by atoms with E-state index < -0.39 is 0 Å². The van der Waals surface area contributed by atoms with Gasteiger partial charge in [0.05, 0.1) is 0 Å². The van der Waals surface area contributed by atoms with Gasteiger partial charge in [0.15, 0.2) is 10.4 Å². The summed E-state index contributed by atoms with van der Waals surface area (Å²) in [6, 6.07) is 3.68. The van der Waals surface area contributed by atoms with Crippen molar-refractivity contribution < 1.29 is 9.21 Å². The van der Waals surface area contributed by atoms with Crippen molar-refractivity contribution in [3.05, 3.63) is 22.6 Å². The molecule has 4 nitrogen and oxygen atoms in total. The van der Waals surface area contributed by atoms with Crippen LogP contribution in [0, 0.1) is 5.92 Å². The summed E-state index contributed by atoms with van der Waals surface area (Å²) in [7, 11) is 4.03. The lowest BCUT2D eigenvalue weighted by Gasteiger charge is -2.27. The molecule has 1 aromatic heterocycles. The Balaban J connectivity index is 2.52. The summed E-state index contributed by atoms with van der Waals surface area (Å²) in [4.78, 5) is 13.9. The van der Waals surface area contributed by atoms with Crippen LogP contribution < -0.4 is 5.32 Å². The molecule has 1 rings (SSSR count). The first kappa shape index (κ1) is 14.3. The van der Waals surface area contributed by atoms with Crippen molar-refractivity contribution in [2.75, 3.05) is 20.6 Å². The molecule has 0 radical (unpaired) electrons. The predicted octanol–water partition coefficient (Wildman–Crippen LogP) is 2.36. The second-order valence-electron chi connectivity index (χ2n) is 4.59. The summed E-state index contributed by atoms with van der Waals surface area (Å²) < 4.78 is 5.75. The van der Waals surface area contributed by atoms with Crippen LogP contribution in [0.4, 0.5) is 0 Å². The lowest BCUT2D eigenvalue weighted by molar-refractivity contribution is 0.0905. The van der Waals surface area contributed by atoms with Gasteiger partial charge in [0.25, 0.3) is 5.91 Å². The van der Waals surface area contributed by atoms with Crippen molar-refractivity contribution in [3.63, 3.8) is 0 Å². The van der Waals surface area contributed by atoms with Crippen LogP contribution in [0.5, 0.6) is 0 Å². The van der Waals surface area contributed by atoms with Gasteiger partial charge in [-0.15, -0.1) is 0 Å². The summed E-state index contributed by atoms with van der Waals surface area (Å²) in [5.74, 6) is 0.634. The number of nitrogens with zero attached hydrogens (tertiary/aromatic N) is 1. The number of carbonyl (C=O) groups is 1. The summed E-state index contributed by atoms with van der Waals surface area (Å²) >= 11 is 3.17. The summed E-state index contributed by atoms with van der Waals surface area (Å²) in [6.07, 6.45) is 0. The molecule has 5 heteroatoms. The van der Waals surface area contributed by atoms with Gasteiger partial charge in [0.2, 0.25) is 0 Å². The van der Waals surface area contributed by atoms with Gasteiger partial charge in [-0.1, -0.05) is 13.8 Å². The van der Waals surface area contributed by atoms with E-state index in [2.05, 4.69) is 40.0 Å². The smallest absolute Gasteiger partial charge is 0.287 e. The van der Waals surface area contributed by atoms with E-state index in [0.717, 1.165) is 0 Å². The highest BCUT2D eigenvalue weighted by molar-refractivity contribution is 9.10. The first-order valence-corrected chi connectivity index (χ1v) is 6.41. The van der Waals surface area contributed by atoms with Crippen LogP contribution in [-0.4, -0.2) is 37.5 Å². The van der Waals surface area contributed by atoms with E-state index in [9.17, 15) is 4.79 Å². The fourth-order valence-corrected chi connectivity index (χ4v) is 2.04. The number of nitrogens with one attached hydrogen (secondary N) is 1. The Morgan fingerprint density at radius 2 is 2.12 bits per heavy atom. The average molecular weight is 303 g/mol. The molecule has 0 aliphatic rings. The molecule has 1 unspecified atom stereocenters. The Bertz CT molecular complexity index is 366. The van der Waals surface area contributed by atoms with Crippen LogP contribution >= 0.6 is 15.9 Å². The molecule has 96 valence electrons. The third-order valence-electron chi connectivity index (χ3n) is 2.70. The molecule has 1 atom stereocenters. The van der Waals surface area contributed by atoms with Crippen molar-refractivity contribution in [2.24, 2.45) is 5.92 Å². The highest BCUT2D eigenvalue weighted by Gasteiger charge is 2.18. The van der Waals surface area contributed by atoms with Crippen LogP contribution in [0.3, 0.4) is 0 Å². The Kier molecular flexibility index (Phi) is 5.21. The van der Waals surface area contributed by atoms with Gasteiger partial charge in [-0.2, -0.15) is 0 Å². The molecule has 0 saturated carbocycles. The molecule has 0 fully saturated rings. The van der Waals surface area contributed by atoms with E-state index in [4.69, 9.17) is 4.42 Å². The van der Waals surface area contributed by atoms with Crippen LogP contribution in [0.15, 0.2) is 21.2 Å². The molecule has 0 saturated heterocycles. The first-order chi connectivity index (χ1) is 7.91. The molecule has 1 aromatic rings. The van der Waals surface area contributed by atoms with E-state index >= 15 is 0 Å². The Morgan fingerprint density at radius 3 is 2.53 bits per heavy atom. The molecule has 0 aromatic carbocycles. The van der Waals surface area contributed by atoms with Crippen molar-refractivity contribution in [1.29, 1.82) is 0 Å². The van der Waals surface area contributed by atoms with Crippen molar-refractivity contribution >= 4 is 21.8 Å². The van der Waals surface area contributed by atoms with Crippen LogP contribution in [0.1, 0.15) is 24.4 Å². The van der Waals surface area contributed by atoms with Crippen molar-refractivity contribution in [2.45, 2.75) is 19.9 Å². The largest absolute Gasteiger partial charge is 0.444 e. The maximum atomic E-state index is 11.8. The molecule has 0 aliphatic carbocycles. The van der Waals surface area contributed by atoms with Gasteiger partial charge in [0, 0.05) is 12.6 Å². The number of hydrogen-bond donors (Lipinski definition) is 1. The number of amides is 1. The lowest BCUT2D eigenvalue weighted by Crippen LogP contribution is -2.43. The fraction of sp³-hybridized carbons (Fsp3) is 0.583. The van der Waals surface area contributed by atoms with Gasteiger partial charge in [0.1, 0.15) is 0 Å². The molecule has 1 N–H and O–H groups in total. The fourth-order valence-electron chi connectivity index (χ4n) is 1.74. The molecular weight excluding hydrogens is 284 g/mol. The summed E-state index contributed by atoms with van der Waals surface area (Å²) in [5, 5.41) is 2.88. The third kappa shape index (κ3) is 4.16. The highest BCUT2D eigenvalue weighted by Crippen LogP contribution is 2.14. The Hall–Kier alpha value is -0.810. The van der Waals surface area contributed by atoms with E-state index in [1.807, 2.05) is 14.1 Å². The zero-order valence-electron chi connectivity index (χ0n) is 10.7. The summed E-state index contributed by atoms with van der Waals surface area (Å²) in [6.45, 7) is 4.89. The van der Waals surface area contributed by atoms with E-state index in [1.54, 1.807) is 12.1 Å². The van der Waals surface area contributed by atoms with Crippen molar-refractivity contribution in [3.8, 4) is 0 Å². The monoisotopic (exact) mass is 302 g/mol. The first-order valence-electron chi connectivity index (χ1n) is 5.61. The molecule has 0 aliphatic heterocycles. The standard InChI is InChI=1S/C12H19BrN2O2/c1-8(2)9(15(3)4)7-14-12(16)10-5-6-11(13)17-10/h5-6,8-9H,7H2,1-4H3,(H,14,16). The zero-order chi connectivity index (χ0) is 13.0. The van der Waals surface area contributed by atoms with E-state index in [0.29, 0.717) is 28.9 Å². The number of carbonyl (C=O) groups excluding carboxylic acids is 1. The van der Waals surface area contributed by atoms with Gasteiger partial charge >= 0.3 is 0 Å². The molecule has 1 heterocycles. The Morgan fingerprint density at radius 1 is 1.47 bits per heavy atom. The second kappa shape index (κ2) is 6.21. The molecule has 1 amide bonds. The maximum Gasteiger partial charge on any atom is 0.287 e. The van der Waals surface area contributed by atoms with E-state index in [-0.39, 0.29) is 5.91 Å². The Labute approximate surface area is 110 Å². The number of rotatable bonds is 5. The quantitative estimate of drug-likeness (QED) is 0.908. The topological polar surface area (TPSA) is 45.5 Å². The minimum Gasteiger partial charge on any atom is -0.444 e. The molecule has 0 spiro atoms. The van der Waals surface area contributed by atoms with E-state index in [1.165, 1.54) is 0 Å². The minimum atomic E-state index is -0.178. The van der Waals surface area contributed by atoms with Crippen LogP contribution in [-0.2, 0) is 0 Å². The maximum absolute atomic E-state index is 11.8. The molecule has 17 heavy (non-hydrogen) atoms. The lowest BCUT2D eigenvalue weighted by atomic mass is 10.0. The SMILES string of the molecule is CC(C)C(CNC(=O)c1ccc(Br)o1)N(C)C. The second-order valence-corrected chi connectivity index (χ2v) is 5.37. The van der Waals surface area contributed by atoms with Gasteiger partial charge in [-0.3, -0.25) is 4.79 Å². The normalized spacial score (nSPS) is 13.1. The summed E-state index contributed by atoms with van der Waals surface area (Å²) in [5.41, 5.74) is 0.